The van der Waals surface area contributed by atoms with Crippen LogP contribution in [0.25, 0.3) is 6.08 Å². The van der Waals surface area contributed by atoms with Crippen LogP contribution in [-0.2, 0) is 14.4 Å². The molecule has 5 N–H and O–H groups in total. The van der Waals surface area contributed by atoms with Gasteiger partial charge in [-0.15, -0.1) is 0 Å². The summed E-state index contributed by atoms with van der Waals surface area (Å²) >= 11 is 0. The molecule has 1 aliphatic rings. The fourth-order valence-electron chi connectivity index (χ4n) is 4.00. The Balaban J connectivity index is 2.15. The summed E-state index contributed by atoms with van der Waals surface area (Å²) in [5, 5.41) is 25.1. The normalized spacial score (nSPS) is 17.7. The summed E-state index contributed by atoms with van der Waals surface area (Å²) in [6.07, 6.45) is 6.84. The van der Waals surface area contributed by atoms with Gasteiger partial charge in [0.1, 0.15) is 12.1 Å². The first-order valence-electron chi connectivity index (χ1n) is 11.6. The highest BCUT2D eigenvalue weighted by molar-refractivity contribution is 5.92. The molecule has 8 heteroatoms. The van der Waals surface area contributed by atoms with Gasteiger partial charge in [0.15, 0.2) is 0 Å². The Labute approximate surface area is 195 Å². The Kier molecular flexibility index (Phi) is 10.1. The number of hydroxylamine groups is 1. The molecule has 1 aliphatic carbocycles. The molecule has 2 rings (SSSR count). The van der Waals surface area contributed by atoms with Crippen LogP contribution < -0.4 is 16.1 Å². The molecule has 1 unspecified atom stereocenters. The number of rotatable bonds is 9. The fourth-order valence-corrected chi connectivity index (χ4v) is 4.00. The van der Waals surface area contributed by atoms with Gasteiger partial charge in [-0.2, -0.15) is 0 Å². The van der Waals surface area contributed by atoms with E-state index in [1.807, 2.05) is 51.1 Å². The van der Waals surface area contributed by atoms with Crippen molar-refractivity contribution < 1.29 is 24.7 Å². The van der Waals surface area contributed by atoms with E-state index in [2.05, 4.69) is 10.6 Å². The first-order chi connectivity index (χ1) is 15.6. The van der Waals surface area contributed by atoms with Crippen LogP contribution in [0.2, 0.25) is 0 Å². The summed E-state index contributed by atoms with van der Waals surface area (Å²) in [6, 6.07) is 8.63. The van der Waals surface area contributed by atoms with Gasteiger partial charge in [0.2, 0.25) is 11.8 Å². The molecule has 33 heavy (non-hydrogen) atoms. The average Bonchev–Trinajstić information content (AvgIpc) is 2.79. The van der Waals surface area contributed by atoms with Crippen LogP contribution in [-0.4, -0.2) is 46.2 Å². The van der Waals surface area contributed by atoms with E-state index in [1.165, 1.54) is 5.48 Å². The van der Waals surface area contributed by atoms with Crippen molar-refractivity contribution in [3.63, 3.8) is 0 Å². The molecule has 1 saturated carbocycles. The number of benzene rings is 1. The molecule has 0 aromatic heterocycles. The molecule has 0 heterocycles. The number of carbonyl (C=O) groups is 3. The van der Waals surface area contributed by atoms with Crippen LogP contribution in [0.4, 0.5) is 0 Å². The SMILES string of the molecule is CC(C)(C)C(NC(=O)[C@H](C/C=C\c1ccccc1)[C@H](O)C(=O)NO)C(=O)NC1CCCCC1. The Morgan fingerprint density at radius 2 is 1.67 bits per heavy atom. The first kappa shape index (κ1) is 26.5. The third-order valence-corrected chi connectivity index (χ3v) is 5.96. The molecular weight excluding hydrogens is 422 g/mol. The number of amides is 3. The second-order valence-electron chi connectivity index (χ2n) is 9.73. The van der Waals surface area contributed by atoms with E-state index < -0.39 is 35.3 Å². The lowest BCUT2D eigenvalue weighted by atomic mass is 9.84. The quantitative estimate of drug-likeness (QED) is 0.286. The van der Waals surface area contributed by atoms with Gasteiger partial charge in [0, 0.05) is 6.04 Å². The minimum Gasteiger partial charge on any atom is -0.382 e. The molecule has 0 bridgehead atoms. The van der Waals surface area contributed by atoms with Crippen LogP contribution in [0.1, 0.15) is 64.9 Å². The highest BCUT2D eigenvalue weighted by Gasteiger charge is 2.38. The predicted octanol–water partition coefficient (Wildman–Crippen LogP) is 2.55. The van der Waals surface area contributed by atoms with Crippen molar-refractivity contribution in [1.82, 2.24) is 16.1 Å². The second kappa shape index (κ2) is 12.5. The zero-order valence-corrected chi connectivity index (χ0v) is 19.7. The maximum atomic E-state index is 13.2. The molecule has 3 atom stereocenters. The van der Waals surface area contributed by atoms with Crippen molar-refractivity contribution in [1.29, 1.82) is 0 Å². The molecule has 1 aromatic rings. The van der Waals surface area contributed by atoms with Crippen molar-refractivity contribution in [2.75, 3.05) is 0 Å². The van der Waals surface area contributed by atoms with Crippen LogP contribution in [0.15, 0.2) is 36.4 Å². The van der Waals surface area contributed by atoms with Gasteiger partial charge in [0.25, 0.3) is 5.91 Å². The molecule has 0 saturated heterocycles. The van der Waals surface area contributed by atoms with E-state index in [-0.39, 0.29) is 18.4 Å². The minimum absolute atomic E-state index is 0.0381. The van der Waals surface area contributed by atoms with Gasteiger partial charge < -0.3 is 15.7 Å². The Morgan fingerprint density at radius 1 is 1.03 bits per heavy atom. The summed E-state index contributed by atoms with van der Waals surface area (Å²) in [7, 11) is 0. The molecule has 1 aromatic carbocycles. The number of allylic oxidation sites excluding steroid dienone is 1. The topological polar surface area (TPSA) is 128 Å². The molecule has 0 radical (unpaired) electrons. The minimum atomic E-state index is -1.78. The van der Waals surface area contributed by atoms with Crippen molar-refractivity contribution in [3.05, 3.63) is 42.0 Å². The molecule has 1 fully saturated rings. The fraction of sp³-hybridized carbons (Fsp3) is 0.560. The molecule has 3 amide bonds. The van der Waals surface area contributed by atoms with E-state index in [0.717, 1.165) is 37.7 Å². The highest BCUT2D eigenvalue weighted by atomic mass is 16.5. The van der Waals surface area contributed by atoms with Crippen LogP contribution >= 0.6 is 0 Å². The summed E-state index contributed by atoms with van der Waals surface area (Å²) in [5.41, 5.74) is 1.70. The summed E-state index contributed by atoms with van der Waals surface area (Å²) in [6.45, 7) is 5.54. The molecule has 182 valence electrons. The smallest absolute Gasteiger partial charge is 0.272 e. The van der Waals surface area contributed by atoms with E-state index in [1.54, 1.807) is 12.2 Å². The van der Waals surface area contributed by atoms with E-state index in [9.17, 15) is 19.5 Å². The number of hydrogen-bond acceptors (Lipinski definition) is 5. The number of hydrogen-bond donors (Lipinski definition) is 5. The maximum Gasteiger partial charge on any atom is 0.272 e. The number of carbonyl (C=O) groups excluding carboxylic acids is 3. The van der Waals surface area contributed by atoms with Gasteiger partial charge >= 0.3 is 0 Å². The second-order valence-corrected chi connectivity index (χ2v) is 9.73. The number of nitrogens with one attached hydrogen (secondary N) is 3. The van der Waals surface area contributed by atoms with Gasteiger partial charge in [-0.05, 0) is 30.2 Å². The maximum absolute atomic E-state index is 13.2. The van der Waals surface area contributed by atoms with Gasteiger partial charge in [0.05, 0.1) is 5.92 Å². The Hall–Kier alpha value is -2.71. The van der Waals surface area contributed by atoms with E-state index >= 15 is 0 Å². The van der Waals surface area contributed by atoms with Gasteiger partial charge in [-0.1, -0.05) is 82.5 Å². The Bertz CT molecular complexity index is 813. The summed E-state index contributed by atoms with van der Waals surface area (Å²) in [5.74, 6) is -3.18. The molecule has 0 aliphatic heterocycles. The van der Waals surface area contributed by atoms with Crippen molar-refractivity contribution in [2.24, 2.45) is 11.3 Å². The molecule has 0 spiro atoms. The van der Waals surface area contributed by atoms with Crippen LogP contribution in [0.5, 0.6) is 0 Å². The Morgan fingerprint density at radius 3 is 2.24 bits per heavy atom. The van der Waals surface area contributed by atoms with Crippen molar-refractivity contribution in [2.45, 2.75) is 77.5 Å². The third-order valence-electron chi connectivity index (χ3n) is 5.96. The van der Waals surface area contributed by atoms with E-state index in [0.29, 0.717) is 0 Å². The lowest BCUT2D eigenvalue weighted by Gasteiger charge is -2.34. The lowest BCUT2D eigenvalue weighted by Crippen LogP contribution is -2.58. The highest BCUT2D eigenvalue weighted by Crippen LogP contribution is 2.23. The average molecular weight is 460 g/mol. The lowest BCUT2D eigenvalue weighted by molar-refractivity contribution is -0.147. The van der Waals surface area contributed by atoms with E-state index in [4.69, 9.17) is 5.21 Å². The number of aliphatic hydroxyl groups is 1. The van der Waals surface area contributed by atoms with Crippen molar-refractivity contribution >= 4 is 23.8 Å². The van der Waals surface area contributed by atoms with Gasteiger partial charge in [-0.25, -0.2) is 5.48 Å². The number of aliphatic hydroxyl groups excluding tert-OH is 1. The summed E-state index contributed by atoms with van der Waals surface area (Å²) < 4.78 is 0. The zero-order valence-electron chi connectivity index (χ0n) is 19.7. The molecule has 8 nitrogen and oxygen atoms in total. The monoisotopic (exact) mass is 459 g/mol. The first-order valence-corrected chi connectivity index (χ1v) is 11.6. The van der Waals surface area contributed by atoms with Crippen molar-refractivity contribution in [3.8, 4) is 0 Å². The largest absolute Gasteiger partial charge is 0.382 e. The molecular formula is C25H37N3O5. The zero-order chi connectivity index (χ0) is 24.4. The standard InChI is InChI=1S/C25H37N3O5/c1-25(2,3)21(24(32)26-18-14-8-5-9-15-18)27-22(30)19(20(29)23(31)28-33)16-10-13-17-11-6-4-7-12-17/h4,6-7,10-13,18-21,29,33H,5,8-9,14-16H2,1-3H3,(H,26,32)(H,27,30)(H,28,31)/b13-10-/t19-,20+,21?/m1/s1. The third kappa shape index (κ3) is 8.29. The van der Waals surface area contributed by atoms with Crippen LogP contribution in [0, 0.1) is 11.3 Å². The van der Waals surface area contributed by atoms with Crippen LogP contribution in [0.3, 0.4) is 0 Å². The summed E-state index contributed by atoms with van der Waals surface area (Å²) in [4.78, 5) is 38.1. The van der Waals surface area contributed by atoms with Gasteiger partial charge in [-0.3, -0.25) is 19.6 Å². The predicted molar refractivity (Wildman–Crippen MR) is 126 cm³/mol.